The van der Waals surface area contributed by atoms with Crippen molar-refractivity contribution in [2.75, 3.05) is 0 Å². The van der Waals surface area contributed by atoms with Crippen molar-refractivity contribution in [1.29, 1.82) is 0 Å². The van der Waals surface area contributed by atoms with E-state index in [-0.39, 0.29) is 17.9 Å². The van der Waals surface area contributed by atoms with E-state index in [1.807, 2.05) is 0 Å². The van der Waals surface area contributed by atoms with Crippen molar-refractivity contribution in [3.8, 4) is 5.75 Å². The smallest absolute Gasteiger partial charge is 0.399 e. The predicted molar refractivity (Wildman–Crippen MR) is 128 cm³/mol. The summed E-state index contributed by atoms with van der Waals surface area (Å²) in [6.45, 7) is 2.25. The third kappa shape index (κ3) is 6.56. The van der Waals surface area contributed by atoms with Crippen molar-refractivity contribution in [2.24, 2.45) is 5.92 Å². The number of hydrogen-bond donors (Lipinski definition) is 0. The minimum Gasteiger partial charge on any atom is -0.399 e. The molecule has 1 saturated carbocycles. The molecule has 0 amide bonds. The first-order valence-corrected chi connectivity index (χ1v) is 13.1. The number of rotatable bonds is 8. The summed E-state index contributed by atoms with van der Waals surface area (Å²) in [5, 5.41) is 0. The maximum atomic E-state index is 14.6. The molecule has 1 fully saturated rings. The van der Waals surface area contributed by atoms with Gasteiger partial charge in [0.05, 0.1) is 0 Å². The second-order valence-corrected chi connectivity index (χ2v) is 10.4. The van der Waals surface area contributed by atoms with E-state index < -0.39 is 23.7 Å². The number of unbranched alkanes of at least 4 members (excludes halogenated alkanes) is 3. The molecule has 0 saturated heterocycles. The Morgan fingerprint density at radius 1 is 0.857 bits per heavy atom. The molecule has 192 valence electrons. The average Bonchev–Trinajstić information content (AvgIpc) is 2.84. The summed E-state index contributed by atoms with van der Waals surface area (Å²) in [5.74, 6) is -2.34. The van der Waals surface area contributed by atoms with Gasteiger partial charge in [0, 0.05) is 0 Å². The van der Waals surface area contributed by atoms with Gasteiger partial charge in [-0.25, -0.2) is 8.78 Å². The molecular formula is C29H35F5O. The largest absolute Gasteiger partial charge is 0.573 e. The molecule has 4 rings (SSSR count). The standard InChI is InChI=1S/C29H35F5O/c1-2-3-4-5-6-19-7-9-20(10-8-19)21-11-13-22(14-12-21)23-15-16-25-24(17-23)18-26(30)28(27(25)31)35-29(32,33)34/h11-14,18-20,23H,2-10,15-17H2,1H3. The quantitative estimate of drug-likeness (QED) is 0.262. The van der Waals surface area contributed by atoms with Crippen LogP contribution in [0.4, 0.5) is 22.0 Å². The van der Waals surface area contributed by atoms with Gasteiger partial charge in [0.25, 0.3) is 0 Å². The van der Waals surface area contributed by atoms with Gasteiger partial charge >= 0.3 is 6.36 Å². The molecule has 2 aromatic carbocycles. The first-order chi connectivity index (χ1) is 16.7. The van der Waals surface area contributed by atoms with Crippen LogP contribution >= 0.6 is 0 Å². The normalized spacial score (nSPS) is 22.6. The molecule has 1 unspecified atom stereocenters. The van der Waals surface area contributed by atoms with Gasteiger partial charge in [-0.15, -0.1) is 13.2 Å². The molecule has 0 heterocycles. The molecule has 35 heavy (non-hydrogen) atoms. The van der Waals surface area contributed by atoms with Crippen LogP contribution in [0.3, 0.4) is 0 Å². The minimum absolute atomic E-state index is 0.0867. The Hall–Kier alpha value is -2.11. The first kappa shape index (κ1) is 26.0. The number of halogens is 5. The second kappa shape index (κ2) is 11.3. The highest BCUT2D eigenvalue weighted by Gasteiger charge is 2.36. The molecule has 0 radical (unpaired) electrons. The average molecular weight is 495 g/mol. The van der Waals surface area contributed by atoms with Gasteiger partial charge in [0.1, 0.15) is 0 Å². The van der Waals surface area contributed by atoms with Crippen molar-refractivity contribution in [3.63, 3.8) is 0 Å². The molecule has 0 aliphatic heterocycles. The van der Waals surface area contributed by atoms with Crippen LogP contribution in [0.15, 0.2) is 30.3 Å². The molecule has 2 aromatic rings. The number of benzene rings is 2. The molecule has 2 aliphatic carbocycles. The Morgan fingerprint density at radius 3 is 2.14 bits per heavy atom. The van der Waals surface area contributed by atoms with Crippen LogP contribution in [0, 0.1) is 17.6 Å². The van der Waals surface area contributed by atoms with Crippen molar-refractivity contribution in [3.05, 3.63) is 64.2 Å². The summed E-state index contributed by atoms with van der Waals surface area (Å²) in [5.41, 5.74) is 3.03. The van der Waals surface area contributed by atoms with Gasteiger partial charge < -0.3 is 4.74 Å². The summed E-state index contributed by atoms with van der Waals surface area (Å²) in [7, 11) is 0. The number of hydrogen-bond acceptors (Lipinski definition) is 1. The zero-order chi connectivity index (χ0) is 25.0. The highest BCUT2D eigenvalue weighted by molar-refractivity contribution is 5.42. The fourth-order valence-corrected chi connectivity index (χ4v) is 6.01. The van der Waals surface area contributed by atoms with E-state index in [1.54, 1.807) is 0 Å². The summed E-state index contributed by atoms with van der Waals surface area (Å²) in [6, 6.07) is 9.63. The van der Waals surface area contributed by atoms with Gasteiger partial charge in [-0.3, -0.25) is 0 Å². The number of alkyl halides is 3. The molecule has 2 aliphatic rings. The second-order valence-electron chi connectivity index (χ2n) is 10.4. The number of ether oxygens (including phenoxy) is 1. The molecular weight excluding hydrogens is 459 g/mol. The van der Waals surface area contributed by atoms with Crippen molar-refractivity contribution < 1.29 is 26.7 Å². The maximum absolute atomic E-state index is 14.6. The molecule has 0 N–H and O–H groups in total. The summed E-state index contributed by atoms with van der Waals surface area (Å²) < 4.78 is 70.0. The van der Waals surface area contributed by atoms with E-state index >= 15 is 0 Å². The lowest BCUT2D eigenvalue weighted by Crippen LogP contribution is -2.21. The van der Waals surface area contributed by atoms with E-state index in [4.69, 9.17) is 0 Å². The van der Waals surface area contributed by atoms with Gasteiger partial charge in [-0.1, -0.05) is 63.3 Å². The third-order valence-electron chi connectivity index (χ3n) is 7.99. The molecule has 0 bridgehead atoms. The Morgan fingerprint density at radius 2 is 1.51 bits per heavy atom. The predicted octanol–water partition coefficient (Wildman–Crippen LogP) is 9.38. The van der Waals surface area contributed by atoms with Gasteiger partial charge in [-0.2, -0.15) is 0 Å². The molecule has 6 heteroatoms. The zero-order valence-electron chi connectivity index (χ0n) is 20.4. The highest BCUT2D eigenvalue weighted by Crippen LogP contribution is 2.41. The van der Waals surface area contributed by atoms with Crippen molar-refractivity contribution in [1.82, 2.24) is 0 Å². The molecule has 1 nitrogen and oxygen atoms in total. The lowest BCUT2D eigenvalue weighted by atomic mass is 9.76. The van der Waals surface area contributed by atoms with Crippen LogP contribution in [0.1, 0.15) is 105 Å². The van der Waals surface area contributed by atoms with Crippen molar-refractivity contribution in [2.45, 2.75) is 102 Å². The lowest BCUT2D eigenvalue weighted by Gasteiger charge is -2.30. The van der Waals surface area contributed by atoms with E-state index in [0.29, 0.717) is 24.3 Å². The van der Waals surface area contributed by atoms with Crippen LogP contribution in [0.2, 0.25) is 0 Å². The topological polar surface area (TPSA) is 9.23 Å². The monoisotopic (exact) mass is 494 g/mol. The Labute approximate surface area is 205 Å². The maximum Gasteiger partial charge on any atom is 0.573 e. The van der Waals surface area contributed by atoms with Crippen LogP contribution in [0.25, 0.3) is 0 Å². The Bertz CT molecular complexity index is 974. The molecule has 1 atom stereocenters. The summed E-state index contributed by atoms with van der Waals surface area (Å²) in [4.78, 5) is 0. The number of fused-ring (bicyclic) bond motifs is 1. The van der Waals surface area contributed by atoms with Crippen LogP contribution in [0.5, 0.6) is 5.75 Å². The van der Waals surface area contributed by atoms with Gasteiger partial charge in [0.15, 0.2) is 11.6 Å². The van der Waals surface area contributed by atoms with E-state index in [1.165, 1.54) is 63.4 Å². The molecule has 0 spiro atoms. The van der Waals surface area contributed by atoms with Gasteiger partial charge in [-0.05, 0) is 91.0 Å². The Balaban J connectivity index is 1.36. The highest BCUT2D eigenvalue weighted by atomic mass is 19.4. The first-order valence-electron chi connectivity index (χ1n) is 13.1. The summed E-state index contributed by atoms with van der Waals surface area (Å²) >= 11 is 0. The van der Waals surface area contributed by atoms with Crippen LogP contribution in [-0.2, 0) is 12.8 Å². The van der Waals surface area contributed by atoms with Crippen LogP contribution < -0.4 is 4.74 Å². The minimum atomic E-state index is -5.14. The van der Waals surface area contributed by atoms with E-state index in [9.17, 15) is 22.0 Å². The Kier molecular flexibility index (Phi) is 8.38. The zero-order valence-corrected chi connectivity index (χ0v) is 20.4. The summed E-state index contributed by atoms with van der Waals surface area (Å²) in [6.07, 6.45) is 7.87. The van der Waals surface area contributed by atoms with Gasteiger partial charge in [0.2, 0.25) is 5.75 Å². The SMILES string of the molecule is CCCCCCC1CCC(c2ccc(C3CCc4c(cc(F)c(OC(F)(F)F)c4F)C3)cc2)CC1. The van der Waals surface area contributed by atoms with E-state index in [2.05, 4.69) is 35.9 Å². The van der Waals surface area contributed by atoms with Crippen LogP contribution in [-0.4, -0.2) is 6.36 Å². The third-order valence-corrected chi connectivity index (χ3v) is 7.99. The molecule has 0 aromatic heterocycles. The fraction of sp³-hybridized carbons (Fsp3) is 0.586. The van der Waals surface area contributed by atoms with E-state index in [0.717, 1.165) is 17.5 Å². The van der Waals surface area contributed by atoms with Crippen molar-refractivity contribution >= 4 is 0 Å². The lowest BCUT2D eigenvalue weighted by molar-refractivity contribution is -0.276. The fourth-order valence-electron chi connectivity index (χ4n) is 6.01.